The summed E-state index contributed by atoms with van der Waals surface area (Å²) < 4.78 is 5.31. The van der Waals surface area contributed by atoms with Gasteiger partial charge in [-0.05, 0) is 63.8 Å². The molecule has 10 heteroatoms. The van der Waals surface area contributed by atoms with Crippen molar-refractivity contribution in [2.45, 2.75) is 65.1 Å². The van der Waals surface area contributed by atoms with Crippen molar-refractivity contribution < 1.29 is 29.0 Å². The van der Waals surface area contributed by atoms with Gasteiger partial charge in [-0.25, -0.2) is 4.79 Å². The predicted molar refractivity (Wildman–Crippen MR) is 152 cm³/mol. The number of para-hydroxylation sites is 1. The van der Waals surface area contributed by atoms with Crippen molar-refractivity contribution in [1.82, 2.24) is 10.2 Å². The number of hydrogen-bond acceptors (Lipinski definition) is 6. The van der Waals surface area contributed by atoms with E-state index in [0.717, 1.165) is 16.0 Å². The van der Waals surface area contributed by atoms with E-state index in [9.17, 15) is 24.3 Å². The first-order chi connectivity index (χ1) is 18.8. The van der Waals surface area contributed by atoms with Crippen LogP contribution in [0.4, 0.5) is 10.5 Å². The van der Waals surface area contributed by atoms with Crippen LogP contribution >= 0.6 is 0 Å². The molecule has 0 bridgehead atoms. The lowest BCUT2D eigenvalue weighted by atomic mass is 9.96. The maximum Gasteiger partial charge on any atom is 0.408 e. The lowest BCUT2D eigenvalue weighted by molar-refractivity contribution is -0.141. The number of aliphatic hydroxyl groups excluding tert-OH is 1. The molecule has 0 aromatic heterocycles. The minimum Gasteiger partial charge on any atom is -0.444 e. The summed E-state index contributed by atoms with van der Waals surface area (Å²) in [7, 11) is 0. The molecule has 2 aromatic carbocycles. The number of carbonyl (C=O) groups is 4. The summed E-state index contributed by atoms with van der Waals surface area (Å²) in [6.45, 7) is 7.90. The molecule has 0 aliphatic rings. The van der Waals surface area contributed by atoms with Gasteiger partial charge in [-0.15, -0.1) is 6.42 Å². The molecule has 0 spiro atoms. The predicted octanol–water partition coefficient (Wildman–Crippen LogP) is 2.94. The minimum atomic E-state index is -1.29. The SMILES string of the molecule is C#Cc1ccccc1C(C(=O)Nc1c(C)cccc1C)N(CCO)C(=O)C(CCC(N)=O)NC(=O)OC(C)(C)C. The number of primary amides is 1. The second kappa shape index (κ2) is 14.1. The van der Waals surface area contributed by atoms with E-state index in [1.807, 2.05) is 32.0 Å². The van der Waals surface area contributed by atoms with Crippen LogP contribution in [0.2, 0.25) is 0 Å². The zero-order chi connectivity index (χ0) is 30.0. The average Bonchev–Trinajstić information content (AvgIpc) is 2.87. The molecule has 2 aromatic rings. The highest BCUT2D eigenvalue weighted by Gasteiger charge is 2.37. The summed E-state index contributed by atoms with van der Waals surface area (Å²) in [5.41, 5.74) is 7.38. The van der Waals surface area contributed by atoms with Crippen LogP contribution in [0.3, 0.4) is 0 Å². The molecule has 5 N–H and O–H groups in total. The number of nitrogens with two attached hydrogens (primary N) is 1. The van der Waals surface area contributed by atoms with Gasteiger partial charge in [0.1, 0.15) is 17.7 Å². The van der Waals surface area contributed by atoms with Gasteiger partial charge in [0.15, 0.2) is 0 Å². The first-order valence-electron chi connectivity index (χ1n) is 12.9. The number of nitrogens with zero attached hydrogens (tertiary/aromatic N) is 1. The third kappa shape index (κ3) is 8.85. The fourth-order valence-corrected chi connectivity index (χ4v) is 4.19. The monoisotopic (exact) mass is 550 g/mol. The van der Waals surface area contributed by atoms with Crippen LogP contribution in [0, 0.1) is 26.2 Å². The molecular weight excluding hydrogens is 512 g/mol. The van der Waals surface area contributed by atoms with Gasteiger partial charge in [0.05, 0.1) is 6.61 Å². The molecule has 0 heterocycles. The second-order valence-corrected chi connectivity index (χ2v) is 10.3. The lowest BCUT2D eigenvalue weighted by Crippen LogP contribution is -2.53. The molecular formula is C30H38N4O6. The molecule has 40 heavy (non-hydrogen) atoms. The number of hydrogen-bond donors (Lipinski definition) is 4. The minimum absolute atomic E-state index is 0.155. The van der Waals surface area contributed by atoms with E-state index in [1.165, 1.54) is 0 Å². The van der Waals surface area contributed by atoms with Gasteiger partial charge in [0, 0.05) is 24.2 Å². The Kier molecular flexibility index (Phi) is 11.3. The van der Waals surface area contributed by atoms with Crippen molar-refractivity contribution in [3.63, 3.8) is 0 Å². The molecule has 214 valence electrons. The van der Waals surface area contributed by atoms with Crippen LogP contribution < -0.4 is 16.4 Å². The Labute approximate surface area is 235 Å². The Bertz CT molecular complexity index is 1260. The molecule has 0 aliphatic carbocycles. The number of carbonyl (C=O) groups excluding carboxylic acids is 4. The number of benzene rings is 2. The van der Waals surface area contributed by atoms with Gasteiger partial charge in [-0.1, -0.05) is 42.3 Å². The van der Waals surface area contributed by atoms with Crippen molar-refractivity contribution in [3.05, 3.63) is 64.7 Å². The number of ether oxygens (including phenoxy) is 1. The van der Waals surface area contributed by atoms with Crippen LogP contribution in [0.25, 0.3) is 0 Å². The summed E-state index contributed by atoms with van der Waals surface area (Å²) >= 11 is 0. The Balaban J connectivity index is 2.61. The second-order valence-electron chi connectivity index (χ2n) is 10.3. The van der Waals surface area contributed by atoms with E-state index in [0.29, 0.717) is 16.8 Å². The van der Waals surface area contributed by atoms with Gasteiger partial charge in [-0.3, -0.25) is 14.4 Å². The molecule has 0 saturated heterocycles. The number of amides is 4. The number of rotatable bonds is 11. The Hall–Kier alpha value is -4.36. The molecule has 2 atom stereocenters. The lowest BCUT2D eigenvalue weighted by Gasteiger charge is -2.34. The van der Waals surface area contributed by atoms with Gasteiger partial charge >= 0.3 is 6.09 Å². The summed E-state index contributed by atoms with van der Waals surface area (Å²) in [4.78, 5) is 53.3. The molecule has 0 fully saturated rings. The normalized spacial score (nSPS) is 12.4. The fourth-order valence-electron chi connectivity index (χ4n) is 4.19. The third-order valence-corrected chi connectivity index (χ3v) is 5.99. The van der Waals surface area contributed by atoms with E-state index >= 15 is 0 Å². The third-order valence-electron chi connectivity index (χ3n) is 5.99. The number of alkyl carbamates (subject to hydrolysis) is 1. The zero-order valence-electron chi connectivity index (χ0n) is 23.6. The maximum atomic E-state index is 14.0. The van der Waals surface area contributed by atoms with Crippen LogP contribution in [0.15, 0.2) is 42.5 Å². The van der Waals surface area contributed by atoms with Gasteiger partial charge in [-0.2, -0.15) is 0 Å². The highest BCUT2D eigenvalue weighted by molar-refractivity contribution is 6.00. The summed E-state index contributed by atoms with van der Waals surface area (Å²) in [6.07, 6.45) is 4.48. The van der Waals surface area contributed by atoms with Crippen LogP contribution in [0.1, 0.15) is 61.9 Å². The molecule has 0 radical (unpaired) electrons. The van der Waals surface area contributed by atoms with Crippen molar-refractivity contribution >= 4 is 29.5 Å². The highest BCUT2D eigenvalue weighted by Crippen LogP contribution is 2.29. The quantitative estimate of drug-likeness (QED) is 0.316. The van der Waals surface area contributed by atoms with Gasteiger partial charge < -0.3 is 31.1 Å². The van der Waals surface area contributed by atoms with E-state index in [4.69, 9.17) is 16.9 Å². The van der Waals surface area contributed by atoms with E-state index < -0.39 is 48.1 Å². The summed E-state index contributed by atoms with van der Waals surface area (Å²) in [6, 6.07) is 9.62. The number of aliphatic hydroxyl groups is 1. The van der Waals surface area contributed by atoms with Crippen LogP contribution in [-0.2, 0) is 19.1 Å². The smallest absolute Gasteiger partial charge is 0.408 e. The number of anilines is 1. The Morgan fingerprint density at radius 3 is 2.25 bits per heavy atom. The van der Waals surface area contributed by atoms with Crippen molar-refractivity contribution in [2.75, 3.05) is 18.5 Å². The molecule has 2 unspecified atom stereocenters. The van der Waals surface area contributed by atoms with Gasteiger partial charge in [0.25, 0.3) is 5.91 Å². The topological polar surface area (TPSA) is 151 Å². The molecule has 10 nitrogen and oxygen atoms in total. The van der Waals surface area contributed by atoms with E-state index in [1.54, 1.807) is 45.0 Å². The van der Waals surface area contributed by atoms with Crippen molar-refractivity contribution in [2.24, 2.45) is 5.73 Å². The Morgan fingerprint density at radius 1 is 1.07 bits per heavy atom. The molecule has 0 saturated carbocycles. The number of terminal acetylenes is 1. The maximum absolute atomic E-state index is 14.0. The first-order valence-corrected chi connectivity index (χ1v) is 12.9. The van der Waals surface area contributed by atoms with Crippen LogP contribution in [-0.4, -0.2) is 58.6 Å². The zero-order valence-corrected chi connectivity index (χ0v) is 23.6. The summed E-state index contributed by atoms with van der Waals surface area (Å²) in [5.74, 6) is 0.565. The Morgan fingerprint density at radius 2 is 1.70 bits per heavy atom. The first kappa shape index (κ1) is 31.9. The molecule has 4 amide bonds. The van der Waals surface area contributed by atoms with E-state index in [2.05, 4.69) is 16.6 Å². The molecule has 0 aliphatic heterocycles. The highest BCUT2D eigenvalue weighted by atomic mass is 16.6. The number of aryl methyl sites for hydroxylation is 2. The molecule has 2 rings (SSSR count). The van der Waals surface area contributed by atoms with Crippen molar-refractivity contribution in [3.8, 4) is 12.3 Å². The van der Waals surface area contributed by atoms with Gasteiger partial charge in [0.2, 0.25) is 11.8 Å². The largest absolute Gasteiger partial charge is 0.444 e. The van der Waals surface area contributed by atoms with Crippen LogP contribution in [0.5, 0.6) is 0 Å². The number of nitrogens with one attached hydrogen (secondary N) is 2. The van der Waals surface area contributed by atoms with E-state index in [-0.39, 0.29) is 19.4 Å². The van der Waals surface area contributed by atoms with Crippen molar-refractivity contribution in [1.29, 1.82) is 0 Å². The standard InChI is InChI=1S/C30H38N4O6/c1-7-21-13-8-9-14-22(21)26(27(37)33-25-19(2)11-10-12-20(25)3)34(17-18-35)28(38)23(15-16-24(31)36)32-29(39)40-30(4,5)6/h1,8-14,23,26,35H,15-18H2,2-6H3,(H2,31,36)(H,32,39)(H,33,37). The fraction of sp³-hybridized carbons (Fsp3) is 0.400. The average molecular weight is 551 g/mol. The summed E-state index contributed by atoms with van der Waals surface area (Å²) in [5, 5.41) is 15.4.